The number of piperidine rings is 1. The van der Waals surface area contributed by atoms with E-state index in [9.17, 15) is 9.59 Å². The smallest absolute Gasteiger partial charge is 0.225 e. The van der Waals surface area contributed by atoms with Gasteiger partial charge < -0.3 is 15.5 Å². The van der Waals surface area contributed by atoms with Crippen LogP contribution in [-0.4, -0.2) is 73.0 Å². The summed E-state index contributed by atoms with van der Waals surface area (Å²) in [6.45, 7) is 7.70. The van der Waals surface area contributed by atoms with Crippen LogP contribution in [0.25, 0.3) is 0 Å². The van der Waals surface area contributed by atoms with Crippen LogP contribution in [0.1, 0.15) is 39.0 Å². The molecule has 25 heavy (non-hydrogen) atoms. The molecule has 3 rings (SSSR count). The molecule has 2 unspecified atom stereocenters. The van der Waals surface area contributed by atoms with E-state index in [0.717, 1.165) is 45.6 Å². The predicted octanol–water partition coefficient (Wildman–Crippen LogP) is 1.03. The van der Waals surface area contributed by atoms with E-state index in [1.54, 1.807) is 0 Å². The zero-order chi connectivity index (χ0) is 16.2. The van der Waals surface area contributed by atoms with Crippen molar-refractivity contribution in [2.75, 3.05) is 39.3 Å². The number of hydrogen-bond donors (Lipinski definition) is 2. The Kier molecular flexibility index (Phi) is 9.49. The number of amides is 2. The van der Waals surface area contributed by atoms with Crippen molar-refractivity contribution < 1.29 is 9.59 Å². The summed E-state index contributed by atoms with van der Waals surface area (Å²) in [7, 11) is 0. The van der Waals surface area contributed by atoms with Crippen molar-refractivity contribution in [2.24, 2.45) is 5.92 Å². The molecule has 3 fully saturated rings. The van der Waals surface area contributed by atoms with Gasteiger partial charge in [0.2, 0.25) is 11.8 Å². The summed E-state index contributed by atoms with van der Waals surface area (Å²) < 4.78 is 0. The lowest BCUT2D eigenvalue weighted by Crippen LogP contribution is -2.45. The second-order valence-electron chi connectivity index (χ2n) is 7.16. The van der Waals surface area contributed by atoms with Crippen LogP contribution in [0.15, 0.2) is 0 Å². The van der Waals surface area contributed by atoms with E-state index in [1.807, 2.05) is 4.90 Å². The molecule has 0 radical (unpaired) electrons. The fourth-order valence-electron chi connectivity index (χ4n) is 4.18. The van der Waals surface area contributed by atoms with Gasteiger partial charge in [0.05, 0.1) is 5.92 Å². The van der Waals surface area contributed by atoms with Gasteiger partial charge in [-0.1, -0.05) is 6.92 Å². The first kappa shape index (κ1) is 22.5. The number of halogens is 2. The fraction of sp³-hybridized carbons (Fsp3) is 0.882. The summed E-state index contributed by atoms with van der Waals surface area (Å²) in [5.74, 6) is 0.0683. The highest BCUT2D eigenvalue weighted by molar-refractivity contribution is 5.89. The quantitative estimate of drug-likeness (QED) is 0.730. The molecule has 3 aliphatic rings. The molecule has 3 heterocycles. The molecule has 2 amide bonds. The lowest BCUT2D eigenvalue weighted by molar-refractivity contribution is -0.129. The van der Waals surface area contributed by atoms with Gasteiger partial charge in [-0.3, -0.25) is 14.5 Å². The Morgan fingerprint density at radius 3 is 2.64 bits per heavy atom. The van der Waals surface area contributed by atoms with Crippen LogP contribution in [0.2, 0.25) is 0 Å². The van der Waals surface area contributed by atoms with Gasteiger partial charge in [-0.15, -0.1) is 24.8 Å². The van der Waals surface area contributed by atoms with Gasteiger partial charge in [0.25, 0.3) is 0 Å². The average molecular weight is 395 g/mol. The number of carbonyl (C=O) groups is 2. The third-order valence-corrected chi connectivity index (χ3v) is 5.61. The van der Waals surface area contributed by atoms with Crippen molar-refractivity contribution in [2.45, 2.75) is 51.1 Å². The minimum absolute atomic E-state index is 0. The minimum atomic E-state index is -0.158. The Morgan fingerprint density at radius 1 is 1.24 bits per heavy atom. The second-order valence-corrected chi connectivity index (χ2v) is 7.16. The average Bonchev–Trinajstić information content (AvgIpc) is 3.15. The zero-order valence-electron chi connectivity index (χ0n) is 15.0. The van der Waals surface area contributed by atoms with E-state index in [0.29, 0.717) is 19.0 Å². The number of carbonyl (C=O) groups excluding carboxylic acids is 2. The van der Waals surface area contributed by atoms with Gasteiger partial charge in [0.15, 0.2) is 0 Å². The first-order chi connectivity index (χ1) is 11.2. The molecule has 8 heteroatoms. The van der Waals surface area contributed by atoms with Crippen molar-refractivity contribution in [3.05, 3.63) is 0 Å². The molecule has 0 aromatic carbocycles. The largest absolute Gasteiger partial charge is 0.353 e. The molecule has 0 aromatic rings. The van der Waals surface area contributed by atoms with E-state index in [1.165, 1.54) is 12.8 Å². The third kappa shape index (κ3) is 5.71. The van der Waals surface area contributed by atoms with E-state index in [-0.39, 0.29) is 48.6 Å². The topological polar surface area (TPSA) is 64.7 Å². The Morgan fingerprint density at radius 2 is 1.96 bits per heavy atom. The van der Waals surface area contributed by atoms with Gasteiger partial charge in [0, 0.05) is 31.6 Å². The maximum absolute atomic E-state index is 12.4. The minimum Gasteiger partial charge on any atom is -0.353 e. The number of rotatable bonds is 5. The lowest BCUT2D eigenvalue weighted by atomic mass is 10.0. The van der Waals surface area contributed by atoms with Crippen molar-refractivity contribution in [3.8, 4) is 0 Å². The maximum Gasteiger partial charge on any atom is 0.225 e. The van der Waals surface area contributed by atoms with Crippen LogP contribution in [0.3, 0.4) is 0 Å². The summed E-state index contributed by atoms with van der Waals surface area (Å²) in [6.07, 6.45) is 4.76. The molecule has 146 valence electrons. The molecule has 0 aromatic heterocycles. The highest BCUT2D eigenvalue weighted by atomic mass is 35.5. The van der Waals surface area contributed by atoms with Crippen LogP contribution in [0, 0.1) is 5.92 Å². The van der Waals surface area contributed by atoms with Crippen molar-refractivity contribution >= 4 is 36.6 Å². The van der Waals surface area contributed by atoms with E-state index in [4.69, 9.17) is 0 Å². The number of hydrogen-bond acceptors (Lipinski definition) is 4. The van der Waals surface area contributed by atoms with Crippen molar-refractivity contribution in [1.82, 2.24) is 20.4 Å². The van der Waals surface area contributed by atoms with E-state index < -0.39 is 0 Å². The molecule has 2 atom stereocenters. The first-order valence-corrected chi connectivity index (χ1v) is 9.20. The third-order valence-electron chi connectivity index (χ3n) is 5.61. The monoisotopic (exact) mass is 394 g/mol. The number of nitrogens with zero attached hydrogens (tertiary/aromatic N) is 2. The van der Waals surface area contributed by atoms with Gasteiger partial charge in [-0.2, -0.15) is 0 Å². The molecule has 6 nitrogen and oxygen atoms in total. The molecule has 3 aliphatic heterocycles. The summed E-state index contributed by atoms with van der Waals surface area (Å²) >= 11 is 0. The zero-order valence-corrected chi connectivity index (χ0v) is 16.7. The van der Waals surface area contributed by atoms with Crippen LogP contribution in [-0.2, 0) is 9.59 Å². The second kappa shape index (κ2) is 10.6. The molecule has 0 saturated carbocycles. The van der Waals surface area contributed by atoms with Crippen LogP contribution in [0.4, 0.5) is 0 Å². The Hall–Kier alpha value is -0.560. The van der Waals surface area contributed by atoms with Crippen molar-refractivity contribution in [1.29, 1.82) is 0 Å². The first-order valence-electron chi connectivity index (χ1n) is 9.20. The van der Waals surface area contributed by atoms with Crippen LogP contribution < -0.4 is 10.6 Å². The Bertz CT molecular complexity index is 446. The van der Waals surface area contributed by atoms with Crippen LogP contribution in [0.5, 0.6) is 0 Å². The van der Waals surface area contributed by atoms with Gasteiger partial charge in [0.1, 0.15) is 0 Å². The Labute approximate surface area is 163 Å². The summed E-state index contributed by atoms with van der Waals surface area (Å²) in [6, 6.07) is 0.758. The Balaban J connectivity index is 0.00000156. The number of nitrogens with one attached hydrogen (secondary N) is 2. The van der Waals surface area contributed by atoms with Gasteiger partial charge in [-0.25, -0.2) is 0 Å². The SMILES string of the molecule is CCN1CCCC1CN1CC(C(=O)NC2CCNCC2)CC1=O.Cl.Cl. The lowest BCUT2D eigenvalue weighted by Gasteiger charge is -2.28. The van der Waals surface area contributed by atoms with E-state index in [2.05, 4.69) is 22.5 Å². The maximum atomic E-state index is 12.4. The van der Waals surface area contributed by atoms with Crippen molar-refractivity contribution in [3.63, 3.8) is 0 Å². The molecule has 2 N–H and O–H groups in total. The molecule has 0 bridgehead atoms. The summed E-state index contributed by atoms with van der Waals surface area (Å²) in [4.78, 5) is 29.1. The van der Waals surface area contributed by atoms with Crippen LogP contribution >= 0.6 is 24.8 Å². The number of likely N-dealkylation sites (tertiary alicyclic amines) is 2. The van der Waals surface area contributed by atoms with Gasteiger partial charge >= 0.3 is 0 Å². The molecular formula is C17H32Cl2N4O2. The standard InChI is InChI=1S/C17H30N4O2.2ClH/c1-2-20-9-3-4-15(20)12-21-11-13(10-16(21)22)17(23)19-14-5-7-18-8-6-14;;/h13-15,18H,2-12H2,1H3,(H,19,23);2*1H. The predicted molar refractivity (Wildman–Crippen MR) is 103 cm³/mol. The summed E-state index contributed by atoms with van der Waals surface area (Å²) in [5, 5.41) is 6.45. The molecule has 3 saturated heterocycles. The number of likely N-dealkylation sites (N-methyl/N-ethyl adjacent to an activating group) is 1. The highest BCUT2D eigenvalue weighted by Gasteiger charge is 2.37. The molecule has 0 aliphatic carbocycles. The molecular weight excluding hydrogens is 363 g/mol. The fourth-order valence-corrected chi connectivity index (χ4v) is 4.18. The van der Waals surface area contributed by atoms with E-state index >= 15 is 0 Å². The van der Waals surface area contributed by atoms with Gasteiger partial charge in [-0.05, 0) is 51.9 Å². The molecule has 0 spiro atoms. The highest BCUT2D eigenvalue weighted by Crippen LogP contribution is 2.23. The normalized spacial score (nSPS) is 27.7. The summed E-state index contributed by atoms with van der Waals surface area (Å²) in [5.41, 5.74) is 0.